The van der Waals surface area contributed by atoms with E-state index in [-0.39, 0.29) is 12.1 Å². The van der Waals surface area contributed by atoms with Crippen molar-refractivity contribution in [2.45, 2.75) is 19.9 Å². The highest BCUT2D eigenvalue weighted by Crippen LogP contribution is 2.12. The topological polar surface area (TPSA) is 54.0 Å². The highest BCUT2D eigenvalue weighted by atomic mass is 16.2. The molecule has 0 aliphatic rings. The van der Waals surface area contributed by atoms with E-state index < -0.39 is 0 Å². The Morgan fingerprint density at radius 3 is 2.63 bits per heavy atom. The van der Waals surface area contributed by atoms with Gasteiger partial charge in [-0.3, -0.25) is 4.98 Å². The minimum Gasteiger partial charge on any atom is -0.331 e. The molecule has 0 fully saturated rings. The summed E-state index contributed by atoms with van der Waals surface area (Å²) < 4.78 is 0. The van der Waals surface area contributed by atoms with Gasteiger partial charge in [0.15, 0.2) is 0 Å². The molecule has 98 valence electrons. The highest BCUT2D eigenvalue weighted by molar-refractivity contribution is 5.89. The Morgan fingerprint density at radius 1 is 1.21 bits per heavy atom. The molecule has 1 aromatic heterocycles. The summed E-state index contributed by atoms with van der Waals surface area (Å²) in [6.07, 6.45) is 3.43. The lowest BCUT2D eigenvalue weighted by Gasteiger charge is -2.15. The Labute approximate surface area is 112 Å². The molecule has 0 bridgehead atoms. The van der Waals surface area contributed by atoms with E-state index in [0.717, 1.165) is 16.8 Å². The fourth-order valence-corrected chi connectivity index (χ4v) is 1.82. The number of carbonyl (C=O) groups excluding carboxylic acids is 1. The minimum absolute atomic E-state index is 0.0622. The highest BCUT2D eigenvalue weighted by Gasteiger charge is 2.09. The fraction of sp³-hybridized carbons (Fsp3) is 0.200. The van der Waals surface area contributed by atoms with Crippen molar-refractivity contribution in [2.75, 3.05) is 5.32 Å². The number of benzene rings is 1. The zero-order valence-electron chi connectivity index (χ0n) is 11.1. The molecule has 2 rings (SSSR count). The van der Waals surface area contributed by atoms with Crippen molar-refractivity contribution in [3.8, 4) is 0 Å². The molecule has 1 heterocycles. The van der Waals surface area contributed by atoms with E-state index in [1.54, 1.807) is 12.4 Å². The Kier molecular flexibility index (Phi) is 4.13. The molecular weight excluding hydrogens is 238 g/mol. The van der Waals surface area contributed by atoms with Gasteiger partial charge in [-0.05, 0) is 49.2 Å². The second kappa shape index (κ2) is 6.00. The van der Waals surface area contributed by atoms with Gasteiger partial charge in [-0.25, -0.2) is 4.79 Å². The second-order valence-corrected chi connectivity index (χ2v) is 4.47. The first-order valence-electron chi connectivity index (χ1n) is 6.19. The summed E-state index contributed by atoms with van der Waals surface area (Å²) >= 11 is 0. The second-order valence-electron chi connectivity index (χ2n) is 4.47. The molecule has 2 aromatic rings. The first kappa shape index (κ1) is 13.1. The van der Waals surface area contributed by atoms with Crippen LogP contribution in [-0.4, -0.2) is 11.0 Å². The molecule has 1 atom stereocenters. The molecule has 0 spiro atoms. The third-order valence-electron chi connectivity index (χ3n) is 2.83. The maximum Gasteiger partial charge on any atom is 0.319 e. The molecule has 2 N–H and O–H groups in total. The molecule has 0 aliphatic heterocycles. The largest absolute Gasteiger partial charge is 0.331 e. The SMILES string of the molecule is Cc1cccc(NC(=O)NC(C)c2ccncc2)c1. The summed E-state index contributed by atoms with van der Waals surface area (Å²) in [6.45, 7) is 3.92. The van der Waals surface area contributed by atoms with Crippen molar-refractivity contribution in [3.05, 3.63) is 59.9 Å². The van der Waals surface area contributed by atoms with E-state index in [4.69, 9.17) is 0 Å². The van der Waals surface area contributed by atoms with E-state index in [1.807, 2.05) is 50.2 Å². The maximum absolute atomic E-state index is 11.9. The van der Waals surface area contributed by atoms with E-state index in [1.165, 1.54) is 0 Å². The van der Waals surface area contributed by atoms with Gasteiger partial charge < -0.3 is 10.6 Å². The molecule has 4 heteroatoms. The van der Waals surface area contributed by atoms with Crippen LogP contribution in [0.3, 0.4) is 0 Å². The van der Waals surface area contributed by atoms with Crippen molar-refractivity contribution in [3.63, 3.8) is 0 Å². The summed E-state index contributed by atoms with van der Waals surface area (Å²) in [5, 5.41) is 5.70. The van der Waals surface area contributed by atoms with Gasteiger partial charge in [-0.2, -0.15) is 0 Å². The van der Waals surface area contributed by atoms with Crippen LogP contribution in [0, 0.1) is 6.92 Å². The number of nitrogens with zero attached hydrogens (tertiary/aromatic N) is 1. The normalized spacial score (nSPS) is 11.7. The van der Waals surface area contributed by atoms with Crippen LogP contribution < -0.4 is 10.6 Å². The summed E-state index contributed by atoms with van der Waals surface area (Å²) in [7, 11) is 0. The monoisotopic (exact) mass is 255 g/mol. The van der Waals surface area contributed by atoms with Crippen LogP contribution in [0.1, 0.15) is 24.1 Å². The van der Waals surface area contributed by atoms with Crippen molar-refractivity contribution in [2.24, 2.45) is 0 Å². The zero-order valence-corrected chi connectivity index (χ0v) is 11.1. The number of nitrogens with one attached hydrogen (secondary N) is 2. The number of anilines is 1. The molecule has 4 nitrogen and oxygen atoms in total. The number of carbonyl (C=O) groups is 1. The fourth-order valence-electron chi connectivity index (χ4n) is 1.82. The van der Waals surface area contributed by atoms with Gasteiger partial charge in [0.1, 0.15) is 0 Å². The number of pyridine rings is 1. The number of aromatic nitrogens is 1. The van der Waals surface area contributed by atoms with Crippen LogP contribution in [0.15, 0.2) is 48.8 Å². The Hall–Kier alpha value is -2.36. The van der Waals surface area contributed by atoms with Gasteiger partial charge in [-0.15, -0.1) is 0 Å². The average molecular weight is 255 g/mol. The van der Waals surface area contributed by atoms with Crippen molar-refractivity contribution in [1.82, 2.24) is 10.3 Å². The van der Waals surface area contributed by atoms with Gasteiger partial charge in [0.25, 0.3) is 0 Å². The minimum atomic E-state index is -0.213. The Bertz CT molecular complexity index is 554. The van der Waals surface area contributed by atoms with E-state index >= 15 is 0 Å². The van der Waals surface area contributed by atoms with Crippen LogP contribution in [0.4, 0.5) is 10.5 Å². The van der Waals surface area contributed by atoms with Gasteiger partial charge in [0.05, 0.1) is 6.04 Å². The van der Waals surface area contributed by atoms with Gasteiger partial charge in [0, 0.05) is 18.1 Å². The Morgan fingerprint density at radius 2 is 1.95 bits per heavy atom. The third-order valence-corrected chi connectivity index (χ3v) is 2.83. The lowest BCUT2D eigenvalue weighted by molar-refractivity contribution is 0.249. The van der Waals surface area contributed by atoms with Crippen LogP contribution in [0.5, 0.6) is 0 Å². The van der Waals surface area contributed by atoms with Gasteiger partial charge in [-0.1, -0.05) is 12.1 Å². The van der Waals surface area contributed by atoms with E-state index in [9.17, 15) is 4.79 Å². The number of aryl methyl sites for hydroxylation is 1. The predicted molar refractivity (Wildman–Crippen MR) is 76.0 cm³/mol. The lowest BCUT2D eigenvalue weighted by atomic mass is 10.1. The number of urea groups is 1. The van der Waals surface area contributed by atoms with Gasteiger partial charge >= 0.3 is 6.03 Å². The van der Waals surface area contributed by atoms with E-state index in [2.05, 4.69) is 15.6 Å². The summed E-state index contributed by atoms with van der Waals surface area (Å²) in [5.41, 5.74) is 2.92. The van der Waals surface area contributed by atoms with E-state index in [0.29, 0.717) is 0 Å². The number of rotatable bonds is 3. The molecule has 0 saturated carbocycles. The number of amides is 2. The molecule has 1 unspecified atom stereocenters. The average Bonchev–Trinajstić information content (AvgIpc) is 2.39. The quantitative estimate of drug-likeness (QED) is 0.884. The standard InChI is InChI=1S/C15H17N3O/c1-11-4-3-5-14(10-11)18-15(19)17-12(2)13-6-8-16-9-7-13/h3-10,12H,1-2H3,(H2,17,18,19). The molecule has 19 heavy (non-hydrogen) atoms. The first-order valence-corrected chi connectivity index (χ1v) is 6.19. The lowest BCUT2D eigenvalue weighted by Crippen LogP contribution is -2.31. The smallest absolute Gasteiger partial charge is 0.319 e. The molecule has 0 radical (unpaired) electrons. The zero-order chi connectivity index (χ0) is 13.7. The number of hydrogen-bond donors (Lipinski definition) is 2. The maximum atomic E-state index is 11.9. The summed E-state index contributed by atoms with van der Waals surface area (Å²) in [4.78, 5) is 15.8. The summed E-state index contributed by atoms with van der Waals surface area (Å²) in [6, 6.07) is 11.2. The molecule has 0 aliphatic carbocycles. The number of hydrogen-bond acceptors (Lipinski definition) is 2. The van der Waals surface area contributed by atoms with Crippen LogP contribution in [0.2, 0.25) is 0 Å². The third kappa shape index (κ3) is 3.81. The van der Waals surface area contributed by atoms with Gasteiger partial charge in [0.2, 0.25) is 0 Å². The predicted octanol–water partition coefficient (Wildman–Crippen LogP) is 3.27. The molecule has 1 aromatic carbocycles. The van der Waals surface area contributed by atoms with Crippen LogP contribution >= 0.6 is 0 Å². The Balaban J connectivity index is 1.95. The first-order chi connectivity index (χ1) is 9.15. The molecule has 2 amide bonds. The molecule has 0 saturated heterocycles. The molecular formula is C15H17N3O. The van der Waals surface area contributed by atoms with Crippen LogP contribution in [-0.2, 0) is 0 Å². The van der Waals surface area contributed by atoms with Crippen molar-refractivity contribution in [1.29, 1.82) is 0 Å². The van der Waals surface area contributed by atoms with Crippen LogP contribution in [0.25, 0.3) is 0 Å². The van der Waals surface area contributed by atoms with Crippen molar-refractivity contribution >= 4 is 11.7 Å². The summed E-state index contributed by atoms with van der Waals surface area (Å²) in [5.74, 6) is 0. The van der Waals surface area contributed by atoms with Crippen molar-refractivity contribution < 1.29 is 4.79 Å².